The standard InChI is InChI=1S/C13H13N3O3S/c1-8-2-4-10(20-8)7-15-13(17)11-6-9(16(18)19)3-5-12(11)14/h2-6H,7,14H2,1H3,(H,15,17). The molecule has 0 unspecified atom stereocenters. The summed E-state index contributed by atoms with van der Waals surface area (Å²) < 4.78 is 0. The molecule has 1 heterocycles. The van der Waals surface area contributed by atoms with Crippen LogP contribution >= 0.6 is 11.3 Å². The van der Waals surface area contributed by atoms with Crippen molar-refractivity contribution in [3.8, 4) is 0 Å². The fourth-order valence-electron chi connectivity index (χ4n) is 1.70. The molecular weight excluding hydrogens is 278 g/mol. The van der Waals surface area contributed by atoms with Crippen LogP contribution < -0.4 is 11.1 Å². The molecule has 104 valence electrons. The van der Waals surface area contributed by atoms with Crippen LogP contribution in [0.2, 0.25) is 0 Å². The third-order valence-electron chi connectivity index (χ3n) is 2.71. The van der Waals surface area contributed by atoms with Crippen molar-refractivity contribution in [1.82, 2.24) is 5.32 Å². The molecular formula is C13H13N3O3S. The molecule has 7 heteroatoms. The minimum atomic E-state index is -0.557. The number of nitrogen functional groups attached to an aromatic ring is 1. The van der Waals surface area contributed by atoms with Gasteiger partial charge in [-0.2, -0.15) is 0 Å². The van der Waals surface area contributed by atoms with Gasteiger partial charge >= 0.3 is 0 Å². The van der Waals surface area contributed by atoms with Gasteiger partial charge < -0.3 is 11.1 Å². The highest BCUT2D eigenvalue weighted by molar-refractivity contribution is 7.11. The molecule has 1 amide bonds. The maximum atomic E-state index is 12.0. The first kappa shape index (κ1) is 14.0. The van der Waals surface area contributed by atoms with Gasteiger partial charge in [0.15, 0.2) is 0 Å². The Balaban J connectivity index is 2.12. The number of rotatable bonds is 4. The number of nitro groups is 1. The Morgan fingerprint density at radius 1 is 1.40 bits per heavy atom. The second-order valence-electron chi connectivity index (χ2n) is 4.22. The zero-order chi connectivity index (χ0) is 14.7. The number of aryl methyl sites for hydroxylation is 1. The third-order valence-corrected chi connectivity index (χ3v) is 3.71. The number of nitro benzene ring substituents is 1. The van der Waals surface area contributed by atoms with Crippen molar-refractivity contribution in [3.63, 3.8) is 0 Å². The molecule has 0 fully saturated rings. The van der Waals surface area contributed by atoms with E-state index in [1.807, 2.05) is 19.1 Å². The minimum Gasteiger partial charge on any atom is -0.398 e. The monoisotopic (exact) mass is 291 g/mol. The number of benzene rings is 1. The lowest BCUT2D eigenvalue weighted by Gasteiger charge is -2.06. The molecule has 0 radical (unpaired) electrons. The SMILES string of the molecule is Cc1ccc(CNC(=O)c2cc([N+](=O)[O-])ccc2N)s1. The van der Waals surface area contributed by atoms with Gasteiger partial charge in [-0.25, -0.2) is 0 Å². The van der Waals surface area contributed by atoms with Crippen molar-refractivity contribution in [2.24, 2.45) is 0 Å². The number of anilines is 1. The Morgan fingerprint density at radius 2 is 2.15 bits per heavy atom. The predicted octanol–water partition coefficient (Wildman–Crippen LogP) is 2.48. The van der Waals surface area contributed by atoms with E-state index in [1.165, 1.54) is 18.2 Å². The first-order chi connectivity index (χ1) is 9.47. The summed E-state index contributed by atoms with van der Waals surface area (Å²) in [4.78, 5) is 24.3. The van der Waals surface area contributed by atoms with Gasteiger partial charge in [-0.15, -0.1) is 11.3 Å². The molecule has 1 aromatic heterocycles. The largest absolute Gasteiger partial charge is 0.398 e. The lowest BCUT2D eigenvalue weighted by atomic mass is 10.1. The molecule has 6 nitrogen and oxygen atoms in total. The predicted molar refractivity (Wildman–Crippen MR) is 77.7 cm³/mol. The zero-order valence-corrected chi connectivity index (χ0v) is 11.6. The van der Waals surface area contributed by atoms with Crippen LogP contribution in [0.4, 0.5) is 11.4 Å². The number of carbonyl (C=O) groups is 1. The number of nitrogens with two attached hydrogens (primary N) is 1. The van der Waals surface area contributed by atoms with E-state index in [0.717, 1.165) is 9.75 Å². The van der Waals surface area contributed by atoms with Gasteiger partial charge in [0, 0.05) is 27.6 Å². The Kier molecular flexibility index (Phi) is 3.99. The number of carbonyl (C=O) groups excluding carboxylic acids is 1. The summed E-state index contributed by atoms with van der Waals surface area (Å²) in [5.74, 6) is -0.419. The molecule has 0 saturated carbocycles. The number of amides is 1. The highest BCUT2D eigenvalue weighted by Gasteiger charge is 2.15. The molecule has 3 N–H and O–H groups in total. The lowest BCUT2D eigenvalue weighted by molar-refractivity contribution is -0.384. The van der Waals surface area contributed by atoms with Crippen LogP contribution in [0.25, 0.3) is 0 Å². The minimum absolute atomic E-state index is 0.118. The van der Waals surface area contributed by atoms with Crippen molar-refractivity contribution >= 4 is 28.6 Å². The van der Waals surface area contributed by atoms with E-state index < -0.39 is 10.8 Å². The molecule has 0 aliphatic carbocycles. The molecule has 0 saturated heterocycles. The quantitative estimate of drug-likeness (QED) is 0.513. The maximum Gasteiger partial charge on any atom is 0.270 e. The van der Waals surface area contributed by atoms with Crippen molar-refractivity contribution in [2.75, 3.05) is 5.73 Å². The van der Waals surface area contributed by atoms with Gasteiger partial charge in [0.2, 0.25) is 0 Å². The van der Waals surface area contributed by atoms with E-state index in [2.05, 4.69) is 5.32 Å². The van der Waals surface area contributed by atoms with Gasteiger partial charge in [0.1, 0.15) is 0 Å². The van der Waals surface area contributed by atoms with Crippen LogP contribution in [-0.2, 0) is 6.54 Å². The van der Waals surface area contributed by atoms with E-state index >= 15 is 0 Å². The second-order valence-corrected chi connectivity index (χ2v) is 5.60. The normalized spacial score (nSPS) is 10.2. The summed E-state index contributed by atoms with van der Waals surface area (Å²) in [5.41, 5.74) is 5.86. The van der Waals surface area contributed by atoms with Crippen LogP contribution in [0.3, 0.4) is 0 Å². The number of non-ortho nitro benzene ring substituents is 1. The highest BCUT2D eigenvalue weighted by Crippen LogP contribution is 2.20. The van der Waals surface area contributed by atoms with E-state index in [-0.39, 0.29) is 16.9 Å². The number of nitrogens with zero attached hydrogens (tertiary/aromatic N) is 1. The molecule has 2 aromatic rings. The van der Waals surface area contributed by atoms with Gasteiger partial charge in [0.05, 0.1) is 17.0 Å². The summed E-state index contributed by atoms with van der Waals surface area (Å²) in [5, 5.41) is 13.4. The van der Waals surface area contributed by atoms with Crippen LogP contribution in [-0.4, -0.2) is 10.8 Å². The Labute approximate surface area is 119 Å². The van der Waals surface area contributed by atoms with Crippen molar-refractivity contribution in [3.05, 3.63) is 55.8 Å². The molecule has 0 atom stereocenters. The van der Waals surface area contributed by atoms with E-state index in [0.29, 0.717) is 6.54 Å². The third kappa shape index (κ3) is 3.12. The molecule has 0 aliphatic heterocycles. The Morgan fingerprint density at radius 3 is 2.75 bits per heavy atom. The van der Waals surface area contributed by atoms with Crippen LogP contribution in [0.5, 0.6) is 0 Å². The zero-order valence-electron chi connectivity index (χ0n) is 10.8. The smallest absolute Gasteiger partial charge is 0.270 e. The average molecular weight is 291 g/mol. The molecule has 20 heavy (non-hydrogen) atoms. The molecule has 0 spiro atoms. The fourth-order valence-corrected chi connectivity index (χ4v) is 2.53. The van der Waals surface area contributed by atoms with Gasteiger partial charge in [-0.3, -0.25) is 14.9 Å². The maximum absolute atomic E-state index is 12.0. The van der Waals surface area contributed by atoms with Crippen molar-refractivity contribution in [1.29, 1.82) is 0 Å². The van der Waals surface area contributed by atoms with Crippen molar-refractivity contribution < 1.29 is 9.72 Å². The molecule has 1 aromatic carbocycles. The first-order valence-corrected chi connectivity index (χ1v) is 6.66. The Bertz CT molecular complexity index is 667. The van der Waals surface area contributed by atoms with E-state index in [9.17, 15) is 14.9 Å². The summed E-state index contributed by atoms with van der Waals surface area (Å²) in [7, 11) is 0. The fraction of sp³-hybridized carbons (Fsp3) is 0.154. The number of hydrogen-bond acceptors (Lipinski definition) is 5. The average Bonchev–Trinajstić information content (AvgIpc) is 2.82. The van der Waals surface area contributed by atoms with Crippen LogP contribution in [0.1, 0.15) is 20.1 Å². The highest BCUT2D eigenvalue weighted by atomic mass is 32.1. The van der Waals surface area contributed by atoms with Gasteiger partial charge in [0.25, 0.3) is 11.6 Å². The van der Waals surface area contributed by atoms with E-state index in [4.69, 9.17) is 5.73 Å². The number of hydrogen-bond donors (Lipinski definition) is 2. The van der Waals surface area contributed by atoms with Crippen molar-refractivity contribution in [2.45, 2.75) is 13.5 Å². The van der Waals surface area contributed by atoms with Crippen LogP contribution in [0.15, 0.2) is 30.3 Å². The van der Waals surface area contributed by atoms with Gasteiger partial charge in [-0.05, 0) is 25.1 Å². The van der Waals surface area contributed by atoms with E-state index in [1.54, 1.807) is 11.3 Å². The Hall–Kier alpha value is -2.41. The number of thiophene rings is 1. The molecule has 0 bridgehead atoms. The topological polar surface area (TPSA) is 98.3 Å². The second kappa shape index (κ2) is 5.70. The lowest BCUT2D eigenvalue weighted by Crippen LogP contribution is -2.23. The summed E-state index contributed by atoms with van der Waals surface area (Å²) in [6, 6.07) is 7.71. The first-order valence-electron chi connectivity index (χ1n) is 5.85. The van der Waals surface area contributed by atoms with Crippen LogP contribution in [0, 0.1) is 17.0 Å². The molecule has 0 aliphatic rings. The summed E-state index contributed by atoms with van der Waals surface area (Å²) in [6.45, 7) is 2.36. The summed E-state index contributed by atoms with van der Waals surface area (Å²) in [6.07, 6.45) is 0. The number of nitrogens with one attached hydrogen (secondary N) is 1. The van der Waals surface area contributed by atoms with Gasteiger partial charge in [-0.1, -0.05) is 0 Å². The summed E-state index contributed by atoms with van der Waals surface area (Å²) >= 11 is 1.58. The molecule has 2 rings (SSSR count).